The van der Waals surface area contributed by atoms with E-state index in [4.69, 9.17) is 0 Å². The molecule has 1 atom stereocenters. The Labute approximate surface area is 207 Å². The van der Waals surface area contributed by atoms with Gasteiger partial charge >= 0.3 is 0 Å². The first-order valence-corrected chi connectivity index (χ1v) is 13.1. The summed E-state index contributed by atoms with van der Waals surface area (Å²) in [7, 11) is 0. The molecule has 0 aliphatic carbocycles. The van der Waals surface area contributed by atoms with Gasteiger partial charge in [-0.25, -0.2) is 4.98 Å². The van der Waals surface area contributed by atoms with E-state index >= 15 is 0 Å². The minimum atomic E-state index is -0.302. The van der Waals surface area contributed by atoms with Crippen molar-refractivity contribution in [3.8, 4) is 0 Å². The maximum atomic E-state index is 13.6. The number of para-hydroxylation sites is 1. The van der Waals surface area contributed by atoms with Crippen molar-refractivity contribution in [2.24, 2.45) is 0 Å². The second-order valence-corrected chi connectivity index (χ2v) is 10.4. The smallest absolute Gasteiger partial charge is 0.253 e. The number of benzene rings is 2. The number of amides is 3. The number of hydrogen-bond acceptors (Lipinski definition) is 6. The van der Waals surface area contributed by atoms with Crippen molar-refractivity contribution >= 4 is 55.8 Å². The summed E-state index contributed by atoms with van der Waals surface area (Å²) in [6, 6.07) is 13.0. The molecule has 3 aliphatic rings. The molecule has 4 heterocycles. The molecule has 180 valence electrons. The van der Waals surface area contributed by atoms with Crippen LogP contribution in [0.5, 0.6) is 0 Å². The first-order valence-electron chi connectivity index (χ1n) is 12.3. The van der Waals surface area contributed by atoms with Crippen LogP contribution < -0.4 is 15.1 Å². The van der Waals surface area contributed by atoms with Crippen LogP contribution in [0.3, 0.4) is 0 Å². The maximum Gasteiger partial charge on any atom is 0.253 e. The van der Waals surface area contributed by atoms with Gasteiger partial charge in [-0.05, 0) is 62.4 Å². The number of aromatic nitrogens is 1. The van der Waals surface area contributed by atoms with E-state index in [1.807, 2.05) is 41.3 Å². The van der Waals surface area contributed by atoms with E-state index in [1.165, 1.54) is 11.3 Å². The number of nitrogens with one attached hydrogen (secondary N) is 1. The van der Waals surface area contributed by atoms with Crippen LogP contribution in [0.4, 0.5) is 16.5 Å². The van der Waals surface area contributed by atoms with Gasteiger partial charge in [-0.1, -0.05) is 23.5 Å². The summed E-state index contributed by atoms with van der Waals surface area (Å²) in [5.41, 5.74) is 2.94. The summed E-state index contributed by atoms with van der Waals surface area (Å²) in [4.78, 5) is 49.8. The van der Waals surface area contributed by atoms with Gasteiger partial charge in [-0.15, -0.1) is 0 Å². The zero-order valence-corrected chi connectivity index (χ0v) is 20.2. The van der Waals surface area contributed by atoms with E-state index in [0.29, 0.717) is 16.4 Å². The first kappa shape index (κ1) is 22.0. The lowest BCUT2D eigenvalue weighted by molar-refractivity contribution is -0.123. The average molecular weight is 490 g/mol. The van der Waals surface area contributed by atoms with Gasteiger partial charge < -0.3 is 15.1 Å². The van der Waals surface area contributed by atoms with Gasteiger partial charge in [0.25, 0.3) is 5.91 Å². The number of fused-ring (bicyclic) bond motifs is 4. The molecule has 0 saturated carbocycles. The summed E-state index contributed by atoms with van der Waals surface area (Å²) in [5.74, 6) is -0.399. The zero-order chi connectivity index (χ0) is 23.9. The largest absolute Gasteiger partial charge is 0.358 e. The molecule has 2 aromatic carbocycles. The molecule has 1 aromatic heterocycles. The average Bonchev–Trinajstić information content (AvgIpc) is 3.55. The van der Waals surface area contributed by atoms with E-state index in [0.717, 1.165) is 67.6 Å². The van der Waals surface area contributed by atoms with Crippen molar-refractivity contribution in [3.05, 3.63) is 48.0 Å². The van der Waals surface area contributed by atoms with Gasteiger partial charge in [-0.2, -0.15) is 0 Å². The van der Waals surface area contributed by atoms with E-state index in [-0.39, 0.29) is 30.3 Å². The van der Waals surface area contributed by atoms with Gasteiger partial charge in [0.05, 0.1) is 21.6 Å². The Morgan fingerprint density at radius 2 is 1.80 bits per heavy atom. The lowest BCUT2D eigenvalue weighted by Gasteiger charge is -2.45. The number of anilines is 3. The standard InChI is InChI=1S/C26H27N5O3S/c32-23(28-26-27-18-7-1-2-9-22(18)35-26)16-31-21-15-17(24(33)29-12-5-6-13-29)10-11-19(21)30-14-4-3-8-20(30)25(31)34/h1-2,7,9-11,15,20H,3-6,8,12-14,16H2,(H,27,28,32)/t20-/m0/s1. The van der Waals surface area contributed by atoms with E-state index in [1.54, 1.807) is 11.0 Å². The van der Waals surface area contributed by atoms with Gasteiger partial charge in [0.1, 0.15) is 12.6 Å². The number of thiazole rings is 1. The third kappa shape index (κ3) is 4.03. The Morgan fingerprint density at radius 1 is 1.00 bits per heavy atom. The highest BCUT2D eigenvalue weighted by Gasteiger charge is 2.40. The summed E-state index contributed by atoms with van der Waals surface area (Å²) >= 11 is 1.41. The van der Waals surface area contributed by atoms with Crippen LogP contribution in [0.15, 0.2) is 42.5 Å². The monoisotopic (exact) mass is 489 g/mol. The number of rotatable bonds is 4. The van der Waals surface area contributed by atoms with Crippen LogP contribution in [-0.2, 0) is 9.59 Å². The highest BCUT2D eigenvalue weighted by molar-refractivity contribution is 7.22. The second kappa shape index (κ2) is 8.96. The quantitative estimate of drug-likeness (QED) is 0.601. The fourth-order valence-electron chi connectivity index (χ4n) is 5.38. The number of carbonyl (C=O) groups is 3. The second-order valence-electron chi connectivity index (χ2n) is 9.37. The van der Waals surface area contributed by atoms with Crippen LogP contribution in [-0.4, -0.2) is 59.8 Å². The van der Waals surface area contributed by atoms with Crippen molar-refractivity contribution < 1.29 is 14.4 Å². The predicted octanol–water partition coefficient (Wildman–Crippen LogP) is 3.88. The summed E-state index contributed by atoms with van der Waals surface area (Å²) in [6.45, 7) is 2.21. The molecule has 3 aromatic rings. The number of nitrogens with zero attached hydrogens (tertiary/aromatic N) is 4. The van der Waals surface area contributed by atoms with Crippen LogP contribution in [0.25, 0.3) is 10.2 Å². The normalized spacial score (nSPS) is 19.6. The molecular weight excluding hydrogens is 462 g/mol. The molecule has 6 rings (SSSR count). The molecule has 1 N–H and O–H groups in total. The predicted molar refractivity (Wildman–Crippen MR) is 137 cm³/mol. The number of carbonyl (C=O) groups excluding carboxylic acids is 3. The van der Waals surface area contributed by atoms with Crippen LogP contribution in [0.1, 0.15) is 42.5 Å². The molecule has 0 spiro atoms. The molecule has 8 nitrogen and oxygen atoms in total. The van der Waals surface area contributed by atoms with Crippen molar-refractivity contribution in [2.75, 3.05) is 41.3 Å². The SMILES string of the molecule is O=C(CN1C(=O)[C@@H]2CCCCN2c2ccc(C(=O)N3CCCC3)cc21)Nc1nc2ccccc2s1. The molecular formula is C26H27N5O3S. The Kier molecular flexibility index (Phi) is 5.64. The molecule has 0 bridgehead atoms. The number of hydrogen-bond donors (Lipinski definition) is 1. The zero-order valence-electron chi connectivity index (χ0n) is 19.4. The fourth-order valence-corrected chi connectivity index (χ4v) is 6.27. The molecule has 2 fully saturated rings. The molecule has 35 heavy (non-hydrogen) atoms. The van der Waals surface area contributed by atoms with E-state index in [2.05, 4.69) is 15.2 Å². The topological polar surface area (TPSA) is 85.9 Å². The Bertz CT molecular complexity index is 1280. The minimum Gasteiger partial charge on any atom is -0.358 e. The van der Waals surface area contributed by atoms with Crippen molar-refractivity contribution in [2.45, 2.75) is 38.1 Å². The van der Waals surface area contributed by atoms with Crippen LogP contribution >= 0.6 is 11.3 Å². The van der Waals surface area contributed by atoms with Crippen molar-refractivity contribution in [1.29, 1.82) is 0 Å². The van der Waals surface area contributed by atoms with Gasteiger partial charge in [0.2, 0.25) is 11.8 Å². The lowest BCUT2D eigenvalue weighted by Crippen LogP contribution is -2.56. The third-order valence-electron chi connectivity index (χ3n) is 7.11. The fraction of sp³-hybridized carbons (Fsp3) is 0.385. The maximum absolute atomic E-state index is 13.6. The Hall–Kier alpha value is -3.46. The highest BCUT2D eigenvalue weighted by atomic mass is 32.1. The molecule has 0 unspecified atom stereocenters. The van der Waals surface area contributed by atoms with Crippen molar-refractivity contribution in [3.63, 3.8) is 0 Å². The van der Waals surface area contributed by atoms with Gasteiger partial charge in [-0.3, -0.25) is 19.3 Å². The number of likely N-dealkylation sites (tertiary alicyclic amines) is 1. The molecule has 3 amide bonds. The van der Waals surface area contributed by atoms with Crippen LogP contribution in [0, 0.1) is 0 Å². The van der Waals surface area contributed by atoms with E-state index in [9.17, 15) is 14.4 Å². The summed E-state index contributed by atoms with van der Waals surface area (Å²) in [5, 5.41) is 3.38. The molecule has 3 aliphatic heterocycles. The highest BCUT2D eigenvalue weighted by Crippen LogP contribution is 2.40. The van der Waals surface area contributed by atoms with Gasteiger partial charge in [0.15, 0.2) is 5.13 Å². The molecule has 0 radical (unpaired) electrons. The van der Waals surface area contributed by atoms with Gasteiger partial charge in [0, 0.05) is 25.2 Å². The van der Waals surface area contributed by atoms with Crippen LogP contribution in [0.2, 0.25) is 0 Å². The van der Waals surface area contributed by atoms with E-state index < -0.39 is 0 Å². The minimum absolute atomic E-state index is 0.0163. The van der Waals surface area contributed by atoms with Crippen molar-refractivity contribution in [1.82, 2.24) is 9.88 Å². The Morgan fingerprint density at radius 3 is 2.63 bits per heavy atom. The summed E-state index contributed by atoms with van der Waals surface area (Å²) < 4.78 is 0.991. The first-order chi connectivity index (χ1) is 17.1. The summed E-state index contributed by atoms with van der Waals surface area (Å²) in [6.07, 6.45) is 4.81. The third-order valence-corrected chi connectivity index (χ3v) is 8.06. The Balaban J connectivity index is 1.30. The lowest BCUT2D eigenvalue weighted by atomic mass is 9.95. The molecule has 9 heteroatoms. The number of piperidine rings is 1. The molecule has 2 saturated heterocycles.